The van der Waals surface area contributed by atoms with Crippen LogP contribution in [0.1, 0.15) is 31.0 Å². The minimum absolute atomic E-state index is 0.0117. The molecule has 0 saturated carbocycles. The van der Waals surface area contributed by atoms with Crippen LogP contribution in [0.2, 0.25) is 0 Å². The standard InChI is InChI=1S/C19H21NOS/c1-13(2)18(14-8-4-3-5-9-14)20-19(21)17-12-15-10-6-7-11-16(15)22-17/h3-11,13,17-18H,12H2,1-2H3,(H,20,21). The lowest BCUT2D eigenvalue weighted by Gasteiger charge is -2.24. The van der Waals surface area contributed by atoms with Gasteiger partial charge in [0.15, 0.2) is 0 Å². The summed E-state index contributed by atoms with van der Waals surface area (Å²) in [5, 5.41) is 3.24. The van der Waals surface area contributed by atoms with Crippen LogP contribution >= 0.6 is 11.8 Å². The Balaban J connectivity index is 1.71. The average molecular weight is 311 g/mol. The van der Waals surface area contributed by atoms with E-state index in [-0.39, 0.29) is 17.2 Å². The molecule has 0 bridgehead atoms. The lowest BCUT2D eigenvalue weighted by atomic mass is 9.95. The fourth-order valence-corrected chi connectivity index (χ4v) is 4.07. The highest BCUT2D eigenvalue weighted by atomic mass is 32.2. The quantitative estimate of drug-likeness (QED) is 0.916. The minimum atomic E-state index is -0.0117. The molecule has 0 saturated heterocycles. The van der Waals surface area contributed by atoms with E-state index in [9.17, 15) is 4.79 Å². The van der Waals surface area contributed by atoms with E-state index in [4.69, 9.17) is 0 Å². The van der Waals surface area contributed by atoms with Gasteiger partial charge in [-0.1, -0.05) is 62.4 Å². The third kappa shape index (κ3) is 3.20. The molecule has 3 rings (SSSR count). The number of benzene rings is 2. The molecule has 0 spiro atoms. The van der Waals surface area contributed by atoms with Crippen molar-refractivity contribution in [3.8, 4) is 0 Å². The number of amides is 1. The Hall–Kier alpha value is -1.74. The van der Waals surface area contributed by atoms with Crippen LogP contribution in [0.3, 0.4) is 0 Å². The smallest absolute Gasteiger partial charge is 0.234 e. The van der Waals surface area contributed by atoms with Crippen LogP contribution in [-0.4, -0.2) is 11.2 Å². The highest BCUT2D eigenvalue weighted by Crippen LogP contribution is 2.37. The van der Waals surface area contributed by atoms with Gasteiger partial charge in [0.2, 0.25) is 5.91 Å². The van der Waals surface area contributed by atoms with Crippen LogP contribution < -0.4 is 5.32 Å². The SMILES string of the molecule is CC(C)C(NC(=O)C1Cc2ccccc2S1)c1ccccc1. The predicted molar refractivity (Wildman–Crippen MR) is 92.0 cm³/mol. The van der Waals surface area contributed by atoms with Crippen LogP contribution in [0.15, 0.2) is 59.5 Å². The number of nitrogens with one attached hydrogen (secondary N) is 1. The zero-order valence-corrected chi connectivity index (χ0v) is 13.8. The molecule has 2 unspecified atom stereocenters. The van der Waals surface area contributed by atoms with Crippen molar-refractivity contribution in [3.63, 3.8) is 0 Å². The van der Waals surface area contributed by atoms with Crippen LogP contribution in [0.4, 0.5) is 0 Å². The number of rotatable bonds is 4. The maximum Gasteiger partial charge on any atom is 0.234 e. The van der Waals surface area contributed by atoms with Crippen molar-refractivity contribution in [2.45, 2.75) is 36.5 Å². The molecular weight excluding hydrogens is 290 g/mol. The Morgan fingerprint density at radius 3 is 2.45 bits per heavy atom. The summed E-state index contributed by atoms with van der Waals surface area (Å²) in [6.45, 7) is 4.29. The van der Waals surface area contributed by atoms with Crippen molar-refractivity contribution in [1.82, 2.24) is 5.32 Å². The molecule has 2 nitrogen and oxygen atoms in total. The summed E-state index contributed by atoms with van der Waals surface area (Å²) in [5.41, 5.74) is 2.46. The van der Waals surface area contributed by atoms with Crippen molar-refractivity contribution < 1.29 is 4.79 Å². The number of carbonyl (C=O) groups excluding carboxylic acids is 1. The van der Waals surface area contributed by atoms with Gasteiger partial charge in [-0.2, -0.15) is 0 Å². The summed E-state index contributed by atoms with van der Waals surface area (Å²) in [7, 11) is 0. The van der Waals surface area contributed by atoms with E-state index in [0.29, 0.717) is 5.92 Å². The first-order chi connectivity index (χ1) is 10.6. The second-order valence-corrected chi connectivity index (χ2v) is 7.30. The molecule has 22 heavy (non-hydrogen) atoms. The Morgan fingerprint density at radius 2 is 1.77 bits per heavy atom. The number of thioether (sulfide) groups is 1. The minimum Gasteiger partial charge on any atom is -0.348 e. The number of fused-ring (bicyclic) bond motifs is 1. The molecule has 114 valence electrons. The maximum atomic E-state index is 12.7. The van der Waals surface area contributed by atoms with Crippen molar-refractivity contribution in [1.29, 1.82) is 0 Å². The van der Waals surface area contributed by atoms with Crippen molar-refractivity contribution in [3.05, 3.63) is 65.7 Å². The Kier molecular flexibility index (Phi) is 4.53. The first kappa shape index (κ1) is 15.2. The van der Waals surface area contributed by atoms with E-state index in [1.807, 2.05) is 30.3 Å². The zero-order valence-electron chi connectivity index (χ0n) is 13.0. The summed E-state index contributed by atoms with van der Waals surface area (Å²) in [6.07, 6.45) is 0.826. The van der Waals surface area contributed by atoms with Gasteiger partial charge >= 0.3 is 0 Å². The molecule has 2 aromatic rings. The Bertz CT molecular complexity index is 628. The van der Waals surface area contributed by atoms with Gasteiger partial charge in [0, 0.05) is 4.90 Å². The number of hydrogen-bond acceptors (Lipinski definition) is 2. The molecule has 1 heterocycles. The Labute approximate surface area is 136 Å². The molecule has 0 fully saturated rings. The third-order valence-electron chi connectivity index (χ3n) is 4.06. The Morgan fingerprint density at radius 1 is 1.09 bits per heavy atom. The molecule has 0 aliphatic carbocycles. The van der Waals surface area contributed by atoms with Gasteiger partial charge in [-0.25, -0.2) is 0 Å². The van der Waals surface area contributed by atoms with E-state index in [0.717, 1.165) is 6.42 Å². The number of carbonyl (C=O) groups is 1. The van der Waals surface area contributed by atoms with Crippen molar-refractivity contribution >= 4 is 17.7 Å². The number of hydrogen-bond donors (Lipinski definition) is 1. The molecule has 1 aliphatic heterocycles. The lowest BCUT2D eigenvalue weighted by Crippen LogP contribution is -2.37. The molecule has 2 atom stereocenters. The average Bonchev–Trinajstić information content (AvgIpc) is 2.97. The topological polar surface area (TPSA) is 29.1 Å². The summed E-state index contributed by atoms with van der Waals surface area (Å²) in [4.78, 5) is 13.9. The van der Waals surface area contributed by atoms with E-state index >= 15 is 0 Å². The summed E-state index contributed by atoms with van der Waals surface area (Å²) in [5.74, 6) is 0.504. The van der Waals surface area contributed by atoms with Gasteiger partial charge in [0.25, 0.3) is 0 Å². The third-order valence-corrected chi connectivity index (χ3v) is 5.38. The van der Waals surface area contributed by atoms with Crippen LogP contribution in [-0.2, 0) is 11.2 Å². The largest absolute Gasteiger partial charge is 0.348 e. The molecule has 0 aromatic heterocycles. The summed E-state index contributed by atoms with van der Waals surface area (Å²) >= 11 is 1.68. The first-order valence-electron chi connectivity index (χ1n) is 7.75. The second-order valence-electron chi connectivity index (χ2n) is 6.06. The monoisotopic (exact) mass is 311 g/mol. The van der Waals surface area contributed by atoms with Crippen molar-refractivity contribution in [2.75, 3.05) is 0 Å². The van der Waals surface area contributed by atoms with Gasteiger partial charge in [-0.3, -0.25) is 4.79 Å². The zero-order chi connectivity index (χ0) is 15.5. The van der Waals surface area contributed by atoms with E-state index in [2.05, 4.69) is 43.4 Å². The van der Waals surface area contributed by atoms with E-state index < -0.39 is 0 Å². The molecule has 2 aromatic carbocycles. The van der Waals surface area contributed by atoms with Gasteiger partial charge < -0.3 is 5.32 Å². The van der Waals surface area contributed by atoms with Crippen LogP contribution in [0.25, 0.3) is 0 Å². The highest BCUT2D eigenvalue weighted by Gasteiger charge is 2.30. The summed E-state index contributed by atoms with van der Waals surface area (Å²) in [6, 6.07) is 18.6. The molecule has 0 radical (unpaired) electrons. The fourth-order valence-electron chi connectivity index (χ4n) is 2.87. The first-order valence-corrected chi connectivity index (χ1v) is 8.63. The molecule has 1 N–H and O–H groups in total. The normalized spacial score (nSPS) is 18.0. The van der Waals surface area contributed by atoms with Gasteiger partial charge in [0.1, 0.15) is 0 Å². The molecule has 3 heteroatoms. The second kappa shape index (κ2) is 6.57. The van der Waals surface area contributed by atoms with Crippen molar-refractivity contribution in [2.24, 2.45) is 5.92 Å². The van der Waals surface area contributed by atoms with E-state index in [1.54, 1.807) is 11.8 Å². The molecular formula is C19H21NOS. The van der Waals surface area contributed by atoms with Crippen LogP contribution in [0.5, 0.6) is 0 Å². The molecule has 1 amide bonds. The van der Waals surface area contributed by atoms with Gasteiger partial charge in [0.05, 0.1) is 11.3 Å². The predicted octanol–water partition coefficient (Wildman–Crippen LogP) is 4.22. The maximum absolute atomic E-state index is 12.7. The van der Waals surface area contributed by atoms with E-state index in [1.165, 1.54) is 16.0 Å². The highest BCUT2D eigenvalue weighted by molar-refractivity contribution is 8.01. The van der Waals surface area contributed by atoms with Crippen LogP contribution in [0, 0.1) is 5.92 Å². The fraction of sp³-hybridized carbons (Fsp3) is 0.316. The summed E-state index contributed by atoms with van der Waals surface area (Å²) < 4.78 is 0. The van der Waals surface area contributed by atoms with Gasteiger partial charge in [-0.05, 0) is 29.5 Å². The van der Waals surface area contributed by atoms with Gasteiger partial charge in [-0.15, -0.1) is 11.8 Å². The molecule has 1 aliphatic rings. The lowest BCUT2D eigenvalue weighted by molar-refractivity contribution is -0.121.